The van der Waals surface area contributed by atoms with Crippen LogP contribution < -0.4 is 10.1 Å². The molecule has 1 N–H and O–H groups in total. The van der Waals surface area contributed by atoms with Gasteiger partial charge in [0.05, 0.1) is 12.8 Å². The Bertz CT molecular complexity index is 1380. The molecule has 1 unspecified atom stereocenters. The van der Waals surface area contributed by atoms with Crippen molar-refractivity contribution >= 4 is 29.1 Å². The average molecular weight is 491 g/mol. The summed E-state index contributed by atoms with van der Waals surface area (Å²) in [6, 6.07) is 13.0. The van der Waals surface area contributed by atoms with E-state index in [0.717, 1.165) is 36.2 Å². The van der Waals surface area contributed by atoms with Crippen molar-refractivity contribution in [3.05, 3.63) is 70.0 Å². The number of halogens is 1. The van der Waals surface area contributed by atoms with Gasteiger partial charge in [0.1, 0.15) is 11.4 Å². The zero-order valence-electron chi connectivity index (χ0n) is 20.0. The first-order chi connectivity index (χ1) is 16.9. The Balaban J connectivity index is 1.66. The lowest BCUT2D eigenvalue weighted by Crippen LogP contribution is -2.52. The molecule has 1 aliphatic carbocycles. The molecule has 3 aromatic rings. The van der Waals surface area contributed by atoms with Crippen molar-refractivity contribution in [1.82, 2.24) is 14.7 Å². The van der Waals surface area contributed by atoms with Gasteiger partial charge in [-0.2, -0.15) is 5.10 Å². The van der Waals surface area contributed by atoms with Gasteiger partial charge in [0.2, 0.25) is 0 Å². The summed E-state index contributed by atoms with van der Waals surface area (Å²) < 4.78 is 7.40. The number of nitrogens with zero attached hydrogens (tertiary/aromatic N) is 3. The van der Waals surface area contributed by atoms with Gasteiger partial charge in [-0.05, 0) is 48.9 Å². The number of hydrogen-bond acceptors (Lipinski definition) is 4. The van der Waals surface area contributed by atoms with E-state index in [1.165, 1.54) is 0 Å². The molecule has 35 heavy (non-hydrogen) atoms. The number of para-hydroxylation sites is 2. The van der Waals surface area contributed by atoms with Crippen LogP contribution >= 0.6 is 11.6 Å². The molecule has 0 radical (unpaired) electrons. The van der Waals surface area contributed by atoms with Crippen LogP contribution in [-0.4, -0.2) is 40.1 Å². The van der Waals surface area contributed by atoms with Gasteiger partial charge in [0, 0.05) is 28.4 Å². The molecule has 1 atom stereocenters. The quantitative estimate of drug-likeness (QED) is 0.539. The summed E-state index contributed by atoms with van der Waals surface area (Å²) in [7, 11) is 1.61. The number of aromatic nitrogens is 2. The Hall–Kier alpha value is -3.32. The van der Waals surface area contributed by atoms with E-state index in [1.54, 1.807) is 28.8 Å². The second kappa shape index (κ2) is 7.85. The Labute approximate surface area is 209 Å². The number of fused-ring (bicyclic) bond motifs is 4. The average Bonchev–Trinajstić information content (AvgIpc) is 3.40. The largest absolute Gasteiger partial charge is 0.494 e. The summed E-state index contributed by atoms with van der Waals surface area (Å²) in [5, 5.41) is 8.42. The van der Waals surface area contributed by atoms with Crippen LogP contribution in [0.2, 0.25) is 5.02 Å². The molecule has 1 saturated carbocycles. The first-order valence-corrected chi connectivity index (χ1v) is 12.5. The van der Waals surface area contributed by atoms with Crippen LogP contribution in [0.25, 0.3) is 5.69 Å². The standard InChI is InChI=1S/C27H27ClN4O3/c1-15(2)24-22-23(30-32(24)20-9-4-5-10-21(20)35-3)25(33)31(14-16-7-6-8-16)27(22)18-12-11-17(28)13-19(18)29-26(27)34/h4-5,9-13,15-16H,6-8,14H2,1-3H3,(H,29,34). The molecule has 1 spiro atoms. The predicted octanol–water partition coefficient (Wildman–Crippen LogP) is 5.11. The van der Waals surface area contributed by atoms with Crippen molar-refractivity contribution in [2.75, 3.05) is 19.0 Å². The third-order valence-electron chi connectivity index (χ3n) is 7.61. The number of anilines is 1. The van der Waals surface area contributed by atoms with Crippen LogP contribution in [-0.2, 0) is 10.3 Å². The maximum atomic E-state index is 14.0. The molecule has 1 fully saturated rings. The fourth-order valence-electron chi connectivity index (χ4n) is 5.81. The van der Waals surface area contributed by atoms with Crippen LogP contribution in [0.5, 0.6) is 5.75 Å². The van der Waals surface area contributed by atoms with E-state index in [9.17, 15) is 9.59 Å². The predicted molar refractivity (Wildman–Crippen MR) is 133 cm³/mol. The van der Waals surface area contributed by atoms with Gasteiger partial charge >= 0.3 is 0 Å². The van der Waals surface area contributed by atoms with Crippen LogP contribution in [0.15, 0.2) is 42.5 Å². The summed E-state index contributed by atoms with van der Waals surface area (Å²) in [4.78, 5) is 29.8. The topological polar surface area (TPSA) is 76.5 Å². The minimum Gasteiger partial charge on any atom is -0.494 e. The van der Waals surface area contributed by atoms with Crippen LogP contribution in [0.3, 0.4) is 0 Å². The van der Waals surface area contributed by atoms with Gasteiger partial charge < -0.3 is 15.0 Å². The second-order valence-electron chi connectivity index (χ2n) is 9.91. The molecule has 8 heteroatoms. The van der Waals surface area contributed by atoms with E-state index >= 15 is 0 Å². The number of benzene rings is 2. The van der Waals surface area contributed by atoms with Gasteiger partial charge in [-0.25, -0.2) is 4.68 Å². The second-order valence-corrected chi connectivity index (χ2v) is 10.4. The molecule has 180 valence electrons. The molecule has 0 saturated heterocycles. The number of methoxy groups -OCH3 is 1. The number of hydrogen-bond donors (Lipinski definition) is 1. The molecule has 6 rings (SSSR count). The number of carbonyl (C=O) groups excluding carboxylic acids is 2. The van der Waals surface area contributed by atoms with Gasteiger partial charge in [-0.3, -0.25) is 9.59 Å². The molecule has 7 nitrogen and oxygen atoms in total. The molecule has 3 aliphatic rings. The van der Waals surface area contributed by atoms with E-state index in [1.807, 2.05) is 30.3 Å². The molecule has 0 bridgehead atoms. The summed E-state index contributed by atoms with van der Waals surface area (Å²) in [5.41, 5.74) is 2.67. The van der Waals surface area contributed by atoms with Crippen LogP contribution in [0.1, 0.15) is 66.3 Å². The lowest BCUT2D eigenvalue weighted by Gasteiger charge is -2.39. The van der Waals surface area contributed by atoms with E-state index in [-0.39, 0.29) is 17.7 Å². The van der Waals surface area contributed by atoms with Gasteiger partial charge in [-0.15, -0.1) is 0 Å². The lowest BCUT2D eigenvalue weighted by atomic mass is 9.79. The Morgan fingerprint density at radius 1 is 1.20 bits per heavy atom. The summed E-state index contributed by atoms with van der Waals surface area (Å²) >= 11 is 6.28. The smallest absolute Gasteiger partial charge is 0.276 e. The van der Waals surface area contributed by atoms with E-state index in [4.69, 9.17) is 21.4 Å². The molecule has 2 amide bonds. The molecule has 2 aromatic carbocycles. The number of rotatable bonds is 5. The Morgan fingerprint density at radius 2 is 1.97 bits per heavy atom. The molecule has 2 aliphatic heterocycles. The molecule has 1 aromatic heterocycles. The number of nitrogens with one attached hydrogen (secondary N) is 1. The molecular formula is C27H27ClN4O3. The first kappa shape index (κ1) is 22.2. The van der Waals surface area contributed by atoms with Crippen LogP contribution in [0, 0.1) is 5.92 Å². The summed E-state index contributed by atoms with van der Waals surface area (Å²) in [6.07, 6.45) is 3.27. The zero-order chi connectivity index (χ0) is 24.5. The maximum absolute atomic E-state index is 14.0. The minimum atomic E-state index is -1.28. The molecule has 3 heterocycles. The van der Waals surface area contributed by atoms with Gasteiger partial charge in [-0.1, -0.05) is 50.1 Å². The fraction of sp³-hybridized carbons (Fsp3) is 0.370. The van der Waals surface area contributed by atoms with Crippen molar-refractivity contribution in [3.8, 4) is 11.4 Å². The lowest BCUT2D eigenvalue weighted by molar-refractivity contribution is -0.124. The Kier molecular flexibility index (Phi) is 4.97. The molecular weight excluding hydrogens is 464 g/mol. The summed E-state index contributed by atoms with van der Waals surface area (Å²) in [5.74, 6) is 0.566. The highest BCUT2D eigenvalue weighted by Crippen LogP contribution is 2.54. The number of ether oxygens (including phenoxy) is 1. The van der Waals surface area contributed by atoms with Crippen molar-refractivity contribution in [1.29, 1.82) is 0 Å². The number of amides is 2. The highest BCUT2D eigenvalue weighted by molar-refractivity contribution is 6.31. The van der Waals surface area contributed by atoms with Crippen LogP contribution in [0.4, 0.5) is 5.69 Å². The monoisotopic (exact) mass is 490 g/mol. The van der Waals surface area contributed by atoms with Crippen molar-refractivity contribution in [2.24, 2.45) is 5.92 Å². The fourth-order valence-corrected chi connectivity index (χ4v) is 5.99. The van der Waals surface area contributed by atoms with E-state index in [0.29, 0.717) is 40.2 Å². The van der Waals surface area contributed by atoms with Gasteiger partial charge in [0.25, 0.3) is 11.8 Å². The highest BCUT2D eigenvalue weighted by atomic mass is 35.5. The van der Waals surface area contributed by atoms with Gasteiger partial charge in [0.15, 0.2) is 11.2 Å². The third kappa shape index (κ3) is 2.94. The summed E-state index contributed by atoms with van der Waals surface area (Å²) in [6.45, 7) is 4.65. The zero-order valence-corrected chi connectivity index (χ0v) is 20.7. The highest BCUT2D eigenvalue weighted by Gasteiger charge is 2.63. The number of carbonyl (C=O) groups is 2. The van der Waals surface area contributed by atoms with Crippen molar-refractivity contribution < 1.29 is 14.3 Å². The first-order valence-electron chi connectivity index (χ1n) is 12.1. The third-order valence-corrected chi connectivity index (χ3v) is 7.84. The van der Waals surface area contributed by atoms with Crippen molar-refractivity contribution in [3.63, 3.8) is 0 Å². The van der Waals surface area contributed by atoms with Crippen molar-refractivity contribution in [2.45, 2.75) is 44.6 Å². The normalized spacial score (nSPS) is 20.9. The minimum absolute atomic E-state index is 0.0198. The van der Waals surface area contributed by atoms with E-state index in [2.05, 4.69) is 19.2 Å². The maximum Gasteiger partial charge on any atom is 0.276 e. The SMILES string of the molecule is COc1ccccc1-n1nc2c(c1C(C)C)C1(C(=O)Nc3cc(Cl)ccc31)N(CC1CCC1)C2=O. The Morgan fingerprint density at radius 3 is 2.66 bits per heavy atom. The van der Waals surface area contributed by atoms with E-state index < -0.39 is 5.54 Å².